The van der Waals surface area contributed by atoms with Crippen LogP contribution in [-0.2, 0) is 14.8 Å². The van der Waals surface area contributed by atoms with Crippen LogP contribution in [-0.4, -0.2) is 50.2 Å². The zero-order valence-corrected chi connectivity index (χ0v) is 24.1. The van der Waals surface area contributed by atoms with Gasteiger partial charge in [0.25, 0.3) is 15.9 Å². The Morgan fingerprint density at radius 3 is 2.59 bits per heavy atom. The van der Waals surface area contributed by atoms with E-state index in [2.05, 4.69) is 9.97 Å². The van der Waals surface area contributed by atoms with Crippen molar-refractivity contribution in [3.63, 3.8) is 0 Å². The molecule has 0 bridgehead atoms. The Balaban J connectivity index is 1.65. The lowest BCUT2D eigenvalue weighted by Crippen LogP contribution is -2.32. The van der Waals surface area contributed by atoms with E-state index in [1.807, 2.05) is 25.5 Å². The molecule has 1 aliphatic rings. The number of ether oxygens (including phenoxy) is 3. The van der Waals surface area contributed by atoms with Crippen molar-refractivity contribution in [2.24, 2.45) is 11.8 Å². The molecule has 3 aromatic rings. The zero-order valence-electron chi connectivity index (χ0n) is 23.3. The number of pyridine rings is 2. The Bertz CT molecular complexity index is 1480. The molecule has 1 unspecified atom stereocenters. The molecule has 41 heavy (non-hydrogen) atoms. The first kappa shape index (κ1) is 30.2. The maximum Gasteiger partial charge on any atom is 0.281 e. The first-order valence-corrected chi connectivity index (χ1v) is 15.0. The summed E-state index contributed by atoms with van der Waals surface area (Å²) in [4.78, 5) is 21.6. The van der Waals surface area contributed by atoms with Crippen LogP contribution in [0.3, 0.4) is 0 Å². The van der Waals surface area contributed by atoms with Crippen molar-refractivity contribution < 1.29 is 31.8 Å². The topological polar surface area (TPSA) is 143 Å². The molecular formula is C29H35FN4O6S. The average Bonchev–Trinajstić information content (AvgIpc) is 2.92. The molecule has 3 heterocycles. The highest BCUT2D eigenvalue weighted by molar-refractivity contribution is 7.90. The van der Waals surface area contributed by atoms with Crippen molar-refractivity contribution in [1.29, 1.82) is 0 Å². The van der Waals surface area contributed by atoms with Crippen LogP contribution in [0.4, 0.5) is 10.2 Å². The number of nitrogens with one attached hydrogen (secondary N) is 1. The molecule has 1 atom stereocenters. The van der Waals surface area contributed by atoms with Gasteiger partial charge in [0.15, 0.2) is 5.03 Å². The molecule has 1 aromatic carbocycles. The number of hydrogen-bond donors (Lipinski definition) is 2. The molecule has 0 saturated carbocycles. The lowest BCUT2D eigenvalue weighted by molar-refractivity contribution is 0.0500. The summed E-state index contributed by atoms with van der Waals surface area (Å²) >= 11 is 0. The number of nitrogens with two attached hydrogens (primary N) is 1. The number of rotatable bonds is 11. The second-order valence-corrected chi connectivity index (χ2v) is 12.1. The SMILES string of the molecule is CC(C)COc1cc(F)cc(-c2ccc(C(=O)NS(=O)(=O)c3cccc(N)n3)c(OC(C)CC3CCOCC3)n2)c1. The van der Waals surface area contributed by atoms with Crippen molar-refractivity contribution in [3.8, 4) is 22.9 Å². The molecule has 1 saturated heterocycles. The van der Waals surface area contributed by atoms with Gasteiger partial charge in [0.2, 0.25) is 5.88 Å². The van der Waals surface area contributed by atoms with Crippen LogP contribution in [0, 0.1) is 17.7 Å². The zero-order chi connectivity index (χ0) is 29.6. The molecule has 3 N–H and O–H groups in total. The number of amides is 1. The summed E-state index contributed by atoms with van der Waals surface area (Å²) in [7, 11) is -4.34. The largest absolute Gasteiger partial charge is 0.493 e. The minimum atomic E-state index is -4.34. The van der Waals surface area contributed by atoms with E-state index < -0.39 is 26.8 Å². The van der Waals surface area contributed by atoms with Crippen molar-refractivity contribution in [1.82, 2.24) is 14.7 Å². The van der Waals surface area contributed by atoms with Gasteiger partial charge in [0, 0.05) is 24.8 Å². The molecule has 1 aliphatic heterocycles. The standard InChI is InChI=1S/C29H35FN4O6S/c1-18(2)17-39-23-15-21(14-22(30)16-23)25-8-7-24(28(35)34-41(36,37)27-6-4-5-26(31)33-27)29(32-25)40-19(3)13-20-9-11-38-12-10-20/h4-8,14-16,18-20H,9-13,17H2,1-3H3,(H2,31,33)(H,34,35). The smallest absolute Gasteiger partial charge is 0.281 e. The molecule has 0 aliphatic carbocycles. The van der Waals surface area contributed by atoms with Gasteiger partial charge in [-0.1, -0.05) is 19.9 Å². The van der Waals surface area contributed by atoms with E-state index >= 15 is 0 Å². The molecule has 12 heteroatoms. The van der Waals surface area contributed by atoms with E-state index in [-0.39, 0.29) is 29.3 Å². The van der Waals surface area contributed by atoms with Crippen molar-refractivity contribution in [2.75, 3.05) is 25.6 Å². The molecule has 220 valence electrons. The number of hydrogen-bond acceptors (Lipinski definition) is 9. The Kier molecular flexibility index (Phi) is 9.77. The Labute approximate surface area is 239 Å². The molecule has 4 rings (SSSR count). The summed E-state index contributed by atoms with van der Waals surface area (Å²) in [5, 5.41) is -0.403. The molecule has 0 spiro atoms. The minimum Gasteiger partial charge on any atom is -0.493 e. The maximum absolute atomic E-state index is 14.5. The molecule has 1 fully saturated rings. The van der Waals surface area contributed by atoms with Crippen molar-refractivity contribution >= 4 is 21.7 Å². The molecule has 2 aromatic heterocycles. The van der Waals surface area contributed by atoms with E-state index in [1.165, 1.54) is 42.5 Å². The summed E-state index contributed by atoms with van der Waals surface area (Å²) < 4.78 is 59.5. The van der Waals surface area contributed by atoms with E-state index in [9.17, 15) is 17.6 Å². The van der Waals surface area contributed by atoms with Crippen LogP contribution in [0.2, 0.25) is 0 Å². The maximum atomic E-state index is 14.5. The Morgan fingerprint density at radius 2 is 1.88 bits per heavy atom. The first-order valence-electron chi connectivity index (χ1n) is 13.5. The number of nitrogen functional groups attached to an aromatic ring is 1. The van der Waals surface area contributed by atoms with Gasteiger partial charge >= 0.3 is 0 Å². The van der Waals surface area contributed by atoms with Crippen LogP contribution in [0.15, 0.2) is 53.6 Å². The highest BCUT2D eigenvalue weighted by Gasteiger charge is 2.26. The summed E-state index contributed by atoms with van der Waals surface area (Å²) in [6, 6.07) is 11.2. The van der Waals surface area contributed by atoms with E-state index in [4.69, 9.17) is 19.9 Å². The average molecular weight is 587 g/mol. The second kappa shape index (κ2) is 13.3. The fourth-order valence-corrected chi connectivity index (χ4v) is 5.36. The highest BCUT2D eigenvalue weighted by atomic mass is 32.2. The van der Waals surface area contributed by atoms with Crippen LogP contribution in [0.25, 0.3) is 11.3 Å². The Morgan fingerprint density at radius 1 is 1.12 bits per heavy atom. The first-order chi connectivity index (χ1) is 19.5. The number of nitrogens with zero attached hydrogens (tertiary/aromatic N) is 2. The van der Waals surface area contributed by atoms with Gasteiger partial charge < -0.3 is 19.9 Å². The summed E-state index contributed by atoms with van der Waals surface area (Å²) in [6.07, 6.45) is 2.12. The number of aromatic nitrogens is 2. The molecular weight excluding hydrogens is 551 g/mol. The summed E-state index contributed by atoms with van der Waals surface area (Å²) in [5.41, 5.74) is 6.25. The quantitative estimate of drug-likeness (QED) is 0.329. The molecule has 1 amide bonds. The fourth-order valence-electron chi connectivity index (χ4n) is 4.42. The predicted molar refractivity (Wildman–Crippen MR) is 152 cm³/mol. The van der Waals surface area contributed by atoms with Gasteiger partial charge in [-0.25, -0.2) is 19.1 Å². The van der Waals surface area contributed by atoms with E-state index in [1.54, 1.807) is 6.07 Å². The lowest BCUT2D eigenvalue weighted by atomic mass is 9.94. The second-order valence-electron chi connectivity index (χ2n) is 10.5. The highest BCUT2D eigenvalue weighted by Crippen LogP contribution is 2.30. The predicted octanol–water partition coefficient (Wildman–Crippen LogP) is 4.60. The van der Waals surface area contributed by atoms with Crippen molar-refractivity contribution in [2.45, 2.75) is 51.2 Å². The Hall–Kier alpha value is -3.77. The molecule has 10 nitrogen and oxygen atoms in total. The van der Waals surface area contributed by atoms with Gasteiger partial charge in [0.1, 0.15) is 22.9 Å². The lowest BCUT2D eigenvalue weighted by Gasteiger charge is -2.25. The summed E-state index contributed by atoms with van der Waals surface area (Å²) in [5.74, 6) is -0.601. The number of carbonyl (C=O) groups is 1. The van der Waals surface area contributed by atoms with E-state index in [0.29, 0.717) is 49.2 Å². The third kappa shape index (κ3) is 8.37. The van der Waals surface area contributed by atoms with Crippen LogP contribution in [0.1, 0.15) is 50.4 Å². The van der Waals surface area contributed by atoms with Gasteiger partial charge in [-0.3, -0.25) is 4.79 Å². The summed E-state index contributed by atoms with van der Waals surface area (Å²) in [6.45, 7) is 7.59. The van der Waals surface area contributed by atoms with Crippen LogP contribution in [0.5, 0.6) is 11.6 Å². The van der Waals surface area contributed by atoms with Crippen LogP contribution < -0.4 is 19.9 Å². The third-order valence-electron chi connectivity index (χ3n) is 6.42. The number of anilines is 1. The normalized spacial score (nSPS) is 15.0. The monoisotopic (exact) mass is 586 g/mol. The van der Waals surface area contributed by atoms with Gasteiger partial charge in [-0.05, 0) is 74.4 Å². The minimum absolute atomic E-state index is 0.0101. The molecule has 0 radical (unpaired) electrons. The number of sulfonamides is 1. The van der Waals surface area contributed by atoms with Gasteiger partial charge in [0.05, 0.1) is 18.4 Å². The number of halogens is 1. The van der Waals surface area contributed by atoms with Crippen LogP contribution >= 0.6 is 0 Å². The van der Waals surface area contributed by atoms with E-state index in [0.717, 1.165) is 12.8 Å². The van der Waals surface area contributed by atoms with Crippen molar-refractivity contribution in [3.05, 3.63) is 59.9 Å². The van der Waals surface area contributed by atoms with Gasteiger partial charge in [-0.15, -0.1) is 0 Å². The van der Waals surface area contributed by atoms with Gasteiger partial charge in [-0.2, -0.15) is 8.42 Å². The number of carbonyl (C=O) groups excluding carboxylic acids is 1. The fraction of sp³-hybridized carbons (Fsp3) is 0.414. The number of benzene rings is 1. The third-order valence-corrected chi connectivity index (χ3v) is 7.65.